The average Bonchev–Trinajstić information content (AvgIpc) is 3.05. The molecular formula is C37H44N2O4. The van der Waals surface area contributed by atoms with Crippen molar-refractivity contribution < 1.29 is 20.1 Å². The second-order valence-electron chi connectivity index (χ2n) is 11.6. The molecule has 6 nitrogen and oxygen atoms in total. The Labute approximate surface area is 255 Å². The van der Waals surface area contributed by atoms with Crippen LogP contribution in [0, 0.1) is 0 Å². The standard InChI is InChI=1S/C37H44N2O4/c1-26(2)12-8-13-27(3)14-9-15-28(4)21-23-38-32-24-30(40)25-34(42)36(32)39(22-11-18-29-16-6-5-7-17-29)35-31(37(38)43)19-10-20-33(35)41/h5-7,10,12,14,16-17,19-21,24-25,40-42H,8-9,11,13,15,18,22-23H2,1-4H3/b27-14+,28-21+. The fourth-order valence-corrected chi connectivity index (χ4v) is 5.50. The molecule has 1 aliphatic rings. The Hall–Kier alpha value is -4.45. The molecule has 1 aliphatic heterocycles. The normalized spacial score (nSPS) is 13.4. The van der Waals surface area contributed by atoms with Crippen LogP contribution >= 0.6 is 0 Å². The third kappa shape index (κ3) is 8.10. The zero-order valence-corrected chi connectivity index (χ0v) is 25.8. The monoisotopic (exact) mass is 580 g/mol. The summed E-state index contributed by atoms with van der Waals surface area (Å²) in [6.07, 6.45) is 12.0. The van der Waals surface area contributed by atoms with Gasteiger partial charge in [-0.15, -0.1) is 0 Å². The number of aryl methyl sites for hydroxylation is 1. The summed E-state index contributed by atoms with van der Waals surface area (Å²) in [5, 5.41) is 32.7. The minimum atomic E-state index is -0.304. The summed E-state index contributed by atoms with van der Waals surface area (Å²) in [6.45, 7) is 9.17. The second kappa shape index (κ2) is 14.6. The molecule has 0 aromatic heterocycles. The average molecular weight is 581 g/mol. The molecule has 6 heteroatoms. The van der Waals surface area contributed by atoms with Gasteiger partial charge < -0.3 is 25.1 Å². The van der Waals surface area contributed by atoms with Crippen LogP contribution in [0.15, 0.2) is 95.6 Å². The number of carbonyl (C=O) groups is 1. The van der Waals surface area contributed by atoms with Gasteiger partial charge in [-0.3, -0.25) is 4.79 Å². The number of phenols is 3. The summed E-state index contributed by atoms with van der Waals surface area (Å²) in [5.74, 6) is -0.632. The first kappa shape index (κ1) is 31.5. The molecule has 0 fully saturated rings. The molecule has 0 bridgehead atoms. The lowest BCUT2D eigenvalue weighted by Gasteiger charge is -2.28. The van der Waals surface area contributed by atoms with Crippen LogP contribution in [0.1, 0.15) is 75.7 Å². The smallest absolute Gasteiger partial charge is 0.260 e. The van der Waals surface area contributed by atoms with Crippen LogP contribution in [0.25, 0.3) is 0 Å². The molecule has 3 N–H and O–H groups in total. The third-order valence-electron chi connectivity index (χ3n) is 7.81. The lowest BCUT2D eigenvalue weighted by molar-refractivity contribution is 0.0990. The molecule has 226 valence electrons. The Morgan fingerprint density at radius 2 is 1.44 bits per heavy atom. The van der Waals surface area contributed by atoms with Crippen LogP contribution < -0.4 is 9.80 Å². The molecule has 3 aromatic carbocycles. The van der Waals surface area contributed by atoms with Crippen LogP contribution in [-0.4, -0.2) is 34.3 Å². The van der Waals surface area contributed by atoms with Crippen molar-refractivity contribution in [1.82, 2.24) is 0 Å². The van der Waals surface area contributed by atoms with E-state index in [1.54, 1.807) is 23.1 Å². The molecule has 1 amide bonds. The largest absolute Gasteiger partial charge is 0.508 e. The van der Waals surface area contributed by atoms with Gasteiger partial charge in [-0.2, -0.15) is 0 Å². The number of phenolic OH excluding ortho intramolecular Hbond substituents is 3. The van der Waals surface area contributed by atoms with Crippen molar-refractivity contribution in [3.05, 3.63) is 107 Å². The highest BCUT2D eigenvalue weighted by molar-refractivity contribution is 6.15. The maximum atomic E-state index is 14.1. The van der Waals surface area contributed by atoms with Crippen LogP contribution in [0.4, 0.5) is 17.1 Å². The third-order valence-corrected chi connectivity index (χ3v) is 7.81. The van der Waals surface area contributed by atoms with E-state index in [0.717, 1.165) is 37.7 Å². The maximum Gasteiger partial charge on any atom is 0.260 e. The number of hydrogen-bond donors (Lipinski definition) is 3. The molecule has 1 heterocycles. The van der Waals surface area contributed by atoms with E-state index in [-0.39, 0.29) is 29.7 Å². The minimum absolute atomic E-state index is 0.0377. The lowest BCUT2D eigenvalue weighted by atomic mass is 10.1. The highest BCUT2D eigenvalue weighted by atomic mass is 16.3. The van der Waals surface area contributed by atoms with Crippen molar-refractivity contribution in [2.45, 2.75) is 66.2 Å². The number of allylic oxidation sites excluding steroid dienone is 5. The van der Waals surface area contributed by atoms with Gasteiger partial charge >= 0.3 is 0 Å². The zero-order valence-electron chi connectivity index (χ0n) is 25.8. The molecule has 3 aromatic rings. The quantitative estimate of drug-likeness (QED) is 0.186. The molecule has 0 unspecified atom stereocenters. The van der Waals surface area contributed by atoms with E-state index in [4.69, 9.17) is 0 Å². The molecule has 0 aliphatic carbocycles. The number of hydrogen-bond acceptors (Lipinski definition) is 5. The molecule has 0 atom stereocenters. The van der Waals surface area contributed by atoms with Gasteiger partial charge in [-0.25, -0.2) is 0 Å². The van der Waals surface area contributed by atoms with Crippen molar-refractivity contribution in [2.75, 3.05) is 22.9 Å². The molecular weight excluding hydrogens is 536 g/mol. The second-order valence-corrected chi connectivity index (χ2v) is 11.6. The molecule has 0 spiro atoms. The highest BCUT2D eigenvalue weighted by Crippen LogP contribution is 2.50. The molecule has 0 saturated heterocycles. The van der Waals surface area contributed by atoms with E-state index in [1.165, 1.54) is 28.8 Å². The topological polar surface area (TPSA) is 84.2 Å². The summed E-state index contributed by atoms with van der Waals surface area (Å²) in [4.78, 5) is 17.5. The van der Waals surface area contributed by atoms with Crippen molar-refractivity contribution in [3.63, 3.8) is 0 Å². The van der Waals surface area contributed by atoms with E-state index >= 15 is 0 Å². The van der Waals surface area contributed by atoms with Gasteiger partial charge in [0.25, 0.3) is 5.91 Å². The molecule has 43 heavy (non-hydrogen) atoms. The highest BCUT2D eigenvalue weighted by Gasteiger charge is 2.34. The van der Waals surface area contributed by atoms with Crippen LogP contribution in [-0.2, 0) is 6.42 Å². The number of anilines is 3. The molecule has 4 rings (SSSR count). The fourth-order valence-electron chi connectivity index (χ4n) is 5.50. The number of para-hydroxylation sites is 1. The Kier molecular flexibility index (Phi) is 10.7. The van der Waals surface area contributed by atoms with Gasteiger partial charge in [-0.05, 0) is 83.9 Å². The van der Waals surface area contributed by atoms with Gasteiger partial charge in [0.1, 0.15) is 22.9 Å². The first-order chi connectivity index (χ1) is 20.7. The first-order valence-electron chi connectivity index (χ1n) is 15.1. The Morgan fingerprint density at radius 3 is 2.16 bits per heavy atom. The predicted octanol–water partition coefficient (Wildman–Crippen LogP) is 8.95. The fraction of sp³-hybridized carbons (Fsp3) is 0.324. The van der Waals surface area contributed by atoms with Crippen molar-refractivity contribution in [1.29, 1.82) is 0 Å². The summed E-state index contributed by atoms with van der Waals surface area (Å²) < 4.78 is 0. The van der Waals surface area contributed by atoms with Crippen molar-refractivity contribution >= 4 is 23.0 Å². The molecule has 0 radical (unpaired) electrons. The van der Waals surface area contributed by atoms with Crippen molar-refractivity contribution in [3.8, 4) is 17.2 Å². The molecule has 0 saturated carbocycles. The summed E-state index contributed by atoms with van der Waals surface area (Å²) in [6, 6.07) is 17.8. The first-order valence-corrected chi connectivity index (χ1v) is 15.1. The van der Waals surface area contributed by atoms with Crippen molar-refractivity contribution in [2.24, 2.45) is 0 Å². The van der Waals surface area contributed by atoms with Gasteiger partial charge in [-0.1, -0.05) is 71.3 Å². The number of carbonyl (C=O) groups excluding carboxylic acids is 1. The van der Waals surface area contributed by atoms with Gasteiger partial charge in [0.05, 0.1) is 16.9 Å². The van der Waals surface area contributed by atoms with E-state index in [0.29, 0.717) is 35.6 Å². The number of fused-ring (bicyclic) bond motifs is 2. The van der Waals surface area contributed by atoms with E-state index in [9.17, 15) is 20.1 Å². The Bertz CT molecular complexity index is 1520. The van der Waals surface area contributed by atoms with Gasteiger partial charge in [0.15, 0.2) is 0 Å². The summed E-state index contributed by atoms with van der Waals surface area (Å²) >= 11 is 0. The van der Waals surface area contributed by atoms with Crippen LogP contribution in [0.5, 0.6) is 17.2 Å². The maximum absolute atomic E-state index is 14.1. The number of rotatable bonds is 12. The van der Waals surface area contributed by atoms with Crippen LogP contribution in [0.3, 0.4) is 0 Å². The Balaban J connectivity index is 1.62. The van der Waals surface area contributed by atoms with Gasteiger partial charge in [0, 0.05) is 25.2 Å². The predicted molar refractivity (Wildman–Crippen MR) is 177 cm³/mol. The summed E-state index contributed by atoms with van der Waals surface area (Å²) in [7, 11) is 0. The number of aromatic hydroxyl groups is 3. The Morgan fingerprint density at radius 1 is 0.744 bits per heavy atom. The van der Waals surface area contributed by atoms with Crippen LogP contribution in [0.2, 0.25) is 0 Å². The summed E-state index contributed by atoms with van der Waals surface area (Å²) in [5.41, 5.74) is 6.53. The van der Waals surface area contributed by atoms with E-state index < -0.39 is 0 Å². The zero-order chi connectivity index (χ0) is 30.9. The lowest BCUT2D eigenvalue weighted by Crippen LogP contribution is -2.30. The number of nitrogens with zero attached hydrogens (tertiary/aromatic N) is 2. The minimum Gasteiger partial charge on any atom is -0.508 e. The number of amides is 1. The van der Waals surface area contributed by atoms with E-state index in [1.807, 2.05) is 29.2 Å². The number of benzene rings is 3. The van der Waals surface area contributed by atoms with Gasteiger partial charge in [0.2, 0.25) is 0 Å². The SMILES string of the molecule is CC(C)=CCC/C(C)=C/CC/C(C)=C/CN1C(=O)c2cccc(O)c2N(CCCc2ccccc2)c2c(O)cc(O)cc21. The van der Waals surface area contributed by atoms with E-state index in [2.05, 4.69) is 52.0 Å².